The van der Waals surface area contributed by atoms with Crippen molar-refractivity contribution in [2.24, 2.45) is 0 Å². The summed E-state index contributed by atoms with van der Waals surface area (Å²) in [5.41, 5.74) is 3.58. The van der Waals surface area contributed by atoms with E-state index in [1.165, 1.54) is 6.07 Å². The molecule has 0 unspecified atom stereocenters. The van der Waals surface area contributed by atoms with Gasteiger partial charge in [-0.1, -0.05) is 35.9 Å². The Bertz CT molecular complexity index is 1590. The number of aromatic nitrogens is 4. The highest BCUT2D eigenvalue weighted by atomic mass is 35.5. The molecule has 0 spiro atoms. The van der Waals surface area contributed by atoms with E-state index in [-0.39, 0.29) is 16.5 Å². The van der Waals surface area contributed by atoms with Crippen molar-refractivity contribution in [3.63, 3.8) is 0 Å². The van der Waals surface area contributed by atoms with Crippen LogP contribution in [0, 0.1) is 6.92 Å². The third-order valence-corrected chi connectivity index (χ3v) is 6.94. The van der Waals surface area contributed by atoms with Crippen LogP contribution in [-0.2, 0) is 10.0 Å². The fourth-order valence-electron chi connectivity index (χ4n) is 3.20. The minimum Gasteiger partial charge on any atom is -0.337 e. The molecule has 2 heterocycles. The van der Waals surface area contributed by atoms with Gasteiger partial charge in [-0.25, -0.2) is 18.4 Å². The molecule has 2 N–H and O–H groups in total. The van der Waals surface area contributed by atoms with Gasteiger partial charge in [0.15, 0.2) is 11.6 Å². The summed E-state index contributed by atoms with van der Waals surface area (Å²) in [6, 6.07) is 17.4. The zero-order valence-corrected chi connectivity index (χ0v) is 19.0. The second-order valence-corrected chi connectivity index (χ2v) is 9.60. The number of rotatable bonds is 5. The van der Waals surface area contributed by atoms with Gasteiger partial charge in [0.25, 0.3) is 10.0 Å². The number of anilines is 3. The van der Waals surface area contributed by atoms with E-state index in [2.05, 4.69) is 28.8 Å². The molecular weight excluding hydrogens is 468 g/mol. The lowest BCUT2D eigenvalue weighted by Crippen LogP contribution is -2.16. The van der Waals surface area contributed by atoms with Gasteiger partial charge in [0.2, 0.25) is 0 Å². The monoisotopic (exact) mass is 482 g/mol. The molecule has 0 amide bonds. The maximum Gasteiger partial charge on any atom is 0.265 e. The molecule has 0 aliphatic carbocycles. The predicted octanol–water partition coefficient (Wildman–Crippen LogP) is 5.14. The van der Waals surface area contributed by atoms with Gasteiger partial charge in [-0.3, -0.25) is 4.72 Å². The number of para-hydroxylation sites is 2. The fourth-order valence-corrected chi connectivity index (χ4v) is 5.14. The van der Waals surface area contributed by atoms with Crippen LogP contribution in [0.4, 0.5) is 17.3 Å². The maximum atomic E-state index is 13.3. The second kappa shape index (κ2) is 7.97. The quantitative estimate of drug-likeness (QED) is 0.357. The molecule has 0 aliphatic rings. The minimum atomic E-state index is -4.03. The summed E-state index contributed by atoms with van der Waals surface area (Å²) < 4.78 is 37.4. The summed E-state index contributed by atoms with van der Waals surface area (Å²) >= 11 is 7.10. The summed E-state index contributed by atoms with van der Waals surface area (Å²) in [4.78, 5) is 9.14. The number of nitrogens with zero attached hydrogens (tertiary/aromatic N) is 4. The van der Waals surface area contributed by atoms with Crippen molar-refractivity contribution in [2.45, 2.75) is 11.8 Å². The van der Waals surface area contributed by atoms with Crippen molar-refractivity contribution in [1.29, 1.82) is 0 Å². The highest BCUT2D eigenvalue weighted by Gasteiger charge is 2.23. The summed E-state index contributed by atoms with van der Waals surface area (Å²) in [6.07, 6.45) is 0. The first-order valence-electron chi connectivity index (χ1n) is 9.45. The third-order valence-electron chi connectivity index (χ3n) is 4.79. The smallest absolute Gasteiger partial charge is 0.265 e. The van der Waals surface area contributed by atoms with Gasteiger partial charge in [0.1, 0.15) is 15.9 Å². The minimum absolute atomic E-state index is 0.0172. The van der Waals surface area contributed by atoms with Crippen LogP contribution in [0.1, 0.15) is 5.56 Å². The van der Waals surface area contributed by atoms with Gasteiger partial charge in [0.05, 0.1) is 22.8 Å². The van der Waals surface area contributed by atoms with Crippen LogP contribution in [0.3, 0.4) is 0 Å². The number of benzene rings is 3. The largest absolute Gasteiger partial charge is 0.337 e. The summed E-state index contributed by atoms with van der Waals surface area (Å²) in [5, 5.41) is 3.71. The van der Waals surface area contributed by atoms with Gasteiger partial charge < -0.3 is 5.32 Å². The number of hydrogen-bond acceptors (Lipinski definition) is 8. The lowest BCUT2D eigenvalue weighted by Gasteiger charge is -2.15. The Morgan fingerprint density at radius 3 is 2.38 bits per heavy atom. The van der Waals surface area contributed by atoms with Crippen molar-refractivity contribution in [3.05, 3.63) is 71.2 Å². The van der Waals surface area contributed by atoms with Crippen molar-refractivity contribution in [3.8, 4) is 0 Å². The van der Waals surface area contributed by atoms with Crippen LogP contribution in [-0.4, -0.2) is 27.1 Å². The number of aryl methyl sites for hydroxylation is 1. The van der Waals surface area contributed by atoms with Gasteiger partial charge >= 0.3 is 0 Å². The first kappa shape index (κ1) is 20.6. The van der Waals surface area contributed by atoms with Gasteiger partial charge in [-0.05, 0) is 48.9 Å². The SMILES string of the molecule is Cc1ccc(Cl)cc1Nc1nc2ccccc2nc1NS(=O)(=O)c1cccc2nsnc12. The van der Waals surface area contributed by atoms with E-state index in [1.807, 2.05) is 25.1 Å². The first-order chi connectivity index (χ1) is 15.4. The van der Waals surface area contributed by atoms with Crippen LogP contribution in [0.5, 0.6) is 0 Å². The van der Waals surface area contributed by atoms with Crippen LogP contribution in [0.15, 0.2) is 65.6 Å². The lowest BCUT2D eigenvalue weighted by atomic mass is 10.2. The number of nitrogens with one attached hydrogen (secondary N) is 2. The standard InChI is InChI=1S/C21H15ClN6O2S2/c1-12-9-10-13(22)11-17(12)25-20-21(24-15-6-3-2-5-14(15)23-20)28-32(29,30)18-8-4-7-16-19(18)27-31-26-16/h2-11H,1H3,(H,23,25)(H,24,28). The number of fused-ring (bicyclic) bond motifs is 2. The molecule has 0 radical (unpaired) electrons. The van der Waals surface area contributed by atoms with E-state index < -0.39 is 10.0 Å². The normalized spacial score (nSPS) is 11.7. The van der Waals surface area contributed by atoms with Gasteiger partial charge in [0, 0.05) is 10.7 Å². The average molecular weight is 483 g/mol. The summed E-state index contributed by atoms with van der Waals surface area (Å²) in [6.45, 7) is 1.91. The van der Waals surface area contributed by atoms with E-state index in [0.29, 0.717) is 32.8 Å². The van der Waals surface area contributed by atoms with E-state index in [4.69, 9.17) is 11.6 Å². The molecule has 32 heavy (non-hydrogen) atoms. The molecule has 0 atom stereocenters. The number of halogens is 1. The number of hydrogen-bond donors (Lipinski definition) is 2. The van der Waals surface area contributed by atoms with E-state index in [1.54, 1.807) is 36.4 Å². The second-order valence-electron chi connectivity index (χ2n) is 6.99. The van der Waals surface area contributed by atoms with E-state index in [9.17, 15) is 8.42 Å². The van der Waals surface area contributed by atoms with Crippen molar-refractivity contribution >= 4 is 72.7 Å². The summed E-state index contributed by atoms with van der Waals surface area (Å²) in [7, 11) is -4.03. The molecule has 3 aromatic carbocycles. The lowest BCUT2D eigenvalue weighted by molar-refractivity contribution is 0.602. The fraction of sp³-hybridized carbons (Fsp3) is 0.0476. The Kier molecular flexibility index (Phi) is 5.12. The zero-order valence-electron chi connectivity index (χ0n) is 16.6. The van der Waals surface area contributed by atoms with Crippen LogP contribution < -0.4 is 10.0 Å². The highest BCUT2D eigenvalue weighted by molar-refractivity contribution is 7.93. The molecule has 0 bridgehead atoms. The van der Waals surface area contributed by atoms with Gasteiger partial charge in [-0.15, -0.1) is 0 Å². The molecule has 11 heteroatoms. The Labute approximate surface area is 192 Å². The van der Waals surface area contributed by atoms with E-state index >= 15 is 0 Å². The van der Waals surface area contributed by atoms with Crippen LogP contribution >= 0.6 is 23.3 Å². The molecule has 8 nitrogen and oxygen atoms in total. The van der Waals surface area contributed by atoms with Crippen molar-refractivity contribution < 1.29 is 8.42 Å². The predicted molar refractivity (Wildman–Crippen MR) is 127 cm³/mol. The molecule has 0 saturated heterocycles. The maximum absolute atomic E-state index is 13.3. The zero-order chi connectivity index (χ0) is 22.3. The Morgan fingerprint density at radius 1 is 0.875 bits per heavy atom. The first-order valence-corrected chi connectivity index (χ1v) is 12.0. The van der Waals surface area contributed by atoms with Crippen LogP contribution in [0.25, 0.3) is 22.1 Å². The summed E-state index contributed by atoms with van der Waals surface area (Å²) in [5.74, 6) is 0.310. The molecule has 5 rings (SSSR count). The van der Waals surface area contributed by atoms with Gasteiger partial charge in [-0.2, -0.15) is 8.75 Å². The Hall–Kier alpha value is -3.34. The topological polar surface area (TPSA) is 110 Å². The number of sulfonamides is 1. The third kappa shape index (κ3) is 3.83. The highest BCUT2D eigenvalue weighted by Crippen LogP contribution is 2.30. The Morgan fingerprint density at radius 2 is 1.59 bits per heavy atom. The van der Waals surface area contributed by atoms with E-state index in [0.717, 1.165) is 17.3 Å². The molecule has 0 fully saturated rings. The molecule has 0 aliphatic heterocycles. The molecule has 0 saturated carbocycles. The molecule has 2 aromatic heterocycles. The molecule has 160 valence electrons. The molecule has 5 aromatic rings. The Balaban J connectivity index is 1.63. The van der Waals surface area contributed by atoms with Crippen LogP contribution in [0.2, 0.25) is 5.02 Å². The molecular formula is C21H15ClN6O2S2. The average Bonchev–Trinajstić information content (AvgIpc) is 3.25. The van der Waals surface area contributed by atoms with Crippen molar-refractivity contribution in [1.82, 2.24) is 18.7 Å². The van der Waals surface area contributed by atoms with Crippen molar-refractivity contribution in [2.75, 3.05) is 10.0 Å².